The predicted octanol–water partition coefficient (Wildman–Crippen LogP) is 5.02. The molecule has 1 heterocycles. The van der Waals surface area contributed by atoms with Crippen molar-refractivity contribution in [1.29, 1.82) is 0 Å². The van der Waals surface area contributed by atoms with Gasteiger partial charge in [-0.05, 0) is 36.4 Å². The van der Waals surface area contributed by atoms with Crippen LogP contribution >= 0.6 is 39.3 Å². The topological polar surface area (TPSA) is 46.9 Å². The molecule has 0 aliphatic carbocycles. The van der Waals surface area contributed by atoms with E-state index in [9.17, 15) is 4.79 Å². The van der Waals surface area contributed by atoms with Gasteiger partial charge in [-0.1, -0.05) is 51.4 Å². The largest absolute Gasteiger partial charge is 0.324 e. The lowest BCUT2D eigenvalue weighted by Gasteiger charge is -2.09. The molecule has 0 fully saturated rings. The van der Waals surface area contributed by atoms with Crippen LogP contribution in [0.25, 0.3) is 5.69 Å². The van der Waals surface area contributed by atoms with Crippen LogP contribution in [0, 0.1) is 0 Å². The zero-order chi connectivity index (χ0) is 16.9. The van der Waals surface area contributed by atoms with E-state index in [4.69, 9.17) is 11.6 Å². The molecule has 0 atom stereocenters. The summed E-state index contributed by atoms with van der Waals surface area (Å²) in [6.07, 6.45) is 3.59. The van der Waals surface area contributed by atoms with Crippen LogP contribution in [0.2, 0.25) is 5.02 Å². The van der Waals surface area contributed by atoms with E-state index in [1.54, 1.807) is 18.3 Å². The number of carbonyl (C=O) groups is 1. The summed E-state index contributed by atoms with van der Waals surface area (Å²) in [6.45, 7) is 0. The molecule has 1 amide bonds. The van der Waals surface area contributed by atoms with Crippen molar-refractivity contribution in [1.82, 2.24) is 9.55 Å². The molecule has 24 heavy (non-hydrogen) atoms. The van der Waals surface area contributed by atoms with Crippen LogP contribution in [0.1, 0.15) is 0 Å². The molecular weight excluding hydrogens is 410 g/mol. The Hall–Kier alpha value is -1.76. The van der Waals surface area contributed by atoms with Crippen molar-refractivity contribution in [2.45, 2.75) is 5.16 Å². The minimum atomic E-state index is -0.126. The van der Waals surface area contributed by atoms with Gasteiger partial charge in [0.1, 0.15) is 0 Å². The number of hydrogen-bond acceptors (Lipinski definition) is 3. The molecule has 0 bridgehead atoms. The number of halogens is 2. The molecule has 1 N–H and O–H groups in total. The molecule has 7 heteroatoms. The first-order chi connectivity index (χ1) is 11.6. The highest BCUT2D eigenvalue weighted by Gasteiger charge is 2.10. The zero-order valence-electron chi connectivity index (χ0n) is 12.4. The zero-order valence-corrected chi connectivity index (χ0v) is 15.6. The summed E-state index contributed by atoms with van der Waals surface area (Å²) in [7, 11) is 0. The van der Waals surface area contributed by atoms with E-state index < -0.39 is 0 Å². The standard InChI is InChI=1S/C17H13BrClN3OS/c18-12-5-7-13(8-6-12)22-10-9-20-17(22)24-11-16(23)21-15-4-2-1-3-14(15)19/h1-10H,11H2,(H,21,23). The van der Waals surface area contributed by atoms with Crippen LogP contribution in [0.4, 0.5) is 5.69 Å². The summed E-state index contributed by atoms with van der Waals surface area (Å²) in [5.74, 6) is 0.122. The number of carbonyl (C=O) groups excluding carboxylic acids is 1. The van der Waals surface area contributed by atoms with Crippen molar-refractivity contribution >= 4 is 50.9 Å². The second-order valence-corrected chi connectivity index (χ2v) is 7.14. The lowest BCUT2D eigenvalue weighted by atomic mass is 10.3. The van der Waals surface area contributed by atoms with Crippen molar-refractivity contribution in [3.63, 3.8) is 0 Å². The summed E-state index contributed by atoms with van der Waals surface area (Å²) in [5, 5.41) is 4.08. The van der Waals surface area contributed by atoms with Gasteiger partial charge in [-0.3, -0.25) is 9.36 Å². The normalized spacial score (nSPS) is 10.6. The summed E-state index contributed by atoms with van der Waals surface area (Å²) < 4.78 is 2.96. The first-order valence-corrected chi connectivity index (χ1v) is 9.25. The quantitative estimate of drug-likeness (QED) is 0.587. The van der Waals surface area contributed by atoms with E-state index in [1.165, 1.54) is 11.8 Å². The number of thioether (sulfide) groups is 1. The van der Waals surface area contributed by atoms with Crippen LogP contribution in [0.5, 0.6) is 0 Å². The van der Waals surface area contributed by atoms with Crippen molar-refractivity contribution < 1.29 is 4.79 Å². The Labute approximate surface area is 157 Å². The van der Waals surface area contributed by atoms with Crippen LogP contribution in [0.15, 0.2) is 70.6 Å². The fourth-order valence-electron chi connectivity index (χ4n) is 2.07. The monoisotopic (exact) mass is 421 g/mol. The van der Waals surface area contributed by atoms with Crippen molar-refractivity contribution in [2.24, 2.45) is 0 Å². The molecular formula is C17H13BrClN3OS. The third-order valence-electron chi connectivity index (χ3n) is 3.19. The number of amides is 1. The minimum absolute atomic E-state index is 0.126. The Bertz CT molecular complexity index is 851. The Morgan fingerprint density at radius 2 is 1.96 bits per heavy atom. The molecule has 0 spiro atoms. The number of aromatic nitrogens is 2. The maximum Gasteiger partial charge on any atom is 0.234 e. The average molecular weight is 423 g/mol. The second-order valence-electron chi connectivity index (χ2n) is 4.87. The number of hydrogen-bond donors (Lipinski definition) is 1. The van der Waals surface area contributed by atoms with Gasteiger partial charge in [-0.15, -0.1) is 0 Å². The molecule has 0 aliphatic heterocycles. The highest BCUT2D eigenvalue weighted by molar-refractivity contribution is 9.10. The first kappa shape index (κ1) is 17.1. The van der Waals surface area contributed by atoms with E-state index in [-0.39, 0.29) is 11.7 Å². The minimum Gasteiger partial charge on any atom is -0.324 e. The van der Waals surface area contributed by atoms with Gasteiger partial charge in [-0.2, -0.15) is 0 Å². The molecule has 0 aliphatic rings. The van der Waals surface area contributed by atoms with E-state index in [0.29, 0.717) is 10.7 Å². The van der Waals surface area contributed by atoms with Crippen molar-refractivity contribution in [3.05, 3.63) is 70.4 Å². The van der Waals surface area contributed by atoms with Gasteiger partial charge in [0.25, 0.3) is 0 Å². The summed E-state index contributed by atoms with van der Waals surface area (Å²) in [6, 6.07) is 15.1. The first-order valence-electron chi connectivity index (χ1n) is 7.10. The lowest BCUT2D eigenvalue weighted by Crippen LogP contribution is -2.14. The van der Waals surface area contributed by atoms with Crippen molar-refractivity contribution in [3.8, 4) is 5.69 Å². The fraction of sp³-hybridized carbons (Fsp3) is 0.0588. The third kappa shape index (κ3) is 4.20. The molecule has 0 saturated carbocycles. The maximum absolute atomic E-state index is 12.1. The molecule has 0 radical (unpaired) electrons. The van der Waals surface area contributed by atoms with Gasteiger partial charge in [0, 0.05) is 22.6 Å². The Balaban J connectivity index is 1.65. The van der Waals surface area contributed by atoms with E-state index >= 15 is 0 Å². The van der Waals surface area contributed by atoms with Gasteiger partial charge < -0.3 is 5.32 Å². The number of nitrogens with one attached hydrogen (secondary N) is 1. The molecule has 3 aromatic rings. The Morgan fingerprint density at radius 3 is 2.71 bits per heavy atom. The van der Waals surface area contributed by atoms with Gasteiger partial charge >= 0.3 is 0 Å². The van der Waals surface area contributed by atoms with E-state index in [1.807, 2.05) is 47.2 Å². The average Bonchev–Trinajstić information content (AvgIpc) is 3.04. The SMILES string of the molecule is O=C(CSc1nccn1-c1ccc(Br)cc1)Nc1ccccc1Cl. The van der Waals surface area contributed by atoms with Gasteiger partial charge in [-0.25, -0.2) is 4.98 Å². The smallest absolute Gasteiger partial charge is 0.234 e. The number of anilines is 1. The van der Waals surface area contributed by atoms with Crippen LogP contribution in [-0.2, 0) is 4.79 Å². The van der Waals surface area contributed by atoms with E-state index in [2.05, 4.69) is 26.2 Å². The highest BCUT2D eigenvalue weighted by atomic mass is 79.9. The molecule has 0 unspecified atom stereocenters. The molecule has 0 saturated heterocycles. The Morgan fingerprint density at radius 1 is 1.21 bits per heavy atom. The Kier molecular flexibility index (Phi) is 5.60. The maximum atomic E-state index is 12.1. The summed E-state index contributed by atoms with van der Waals surface area (Å²) >= 11 is 10.8. The van der Waals surface area contributed by atoms with E-state index in [0.717, 1.165) is 15.3 Å². The van der Waals surface area contributed by atoms with Crippen LogP contribution < -0.4 is 5.32 Å². The second kappa shape index (κ2) is 7.88. The molecule has 3 rings (SSSR count). The summed E-state index contributed by atoms with van der Waals surface area (Å²) in [4.78, 5) is 16.4. The molecule has 122 valence electrons. The number of nitrogens with zero attached hydrogens (tertiary/aromatic N) is 2. The summed E-state index contributed by atoms with van der Waals surface area (Å²) in [5.41, 5.74) is 1.60. The predicted molar refractivity (Wildman–Crippen MR) is 102 cm³/mol. The molecule has 2 aromatic carbocycles. The third-order valence-corrected chi connectivity index (χ3v) is 5.02. The van der Waals surface area contributed by atoms with Gasteiger partial charge in [0.2, 0.25) is 5.91 Å². The van der Waals surface area contributed by atoms with Crippen LogP contribution in [0.3, 0.4) is 0 Å². The number of rotatable bonds is 5. The molecule has 1 aromatic heterocycles. The van der Waals surface area contributed by atoms with Gasteiger partial charge in [0.05, 0.1) is 16.5 Å². The van der Waals surface area contributed by atoms with Crippen molar-refractivity contribution in [2.75, 3.05) is 11.1 Å². The van der Waals surface area contributed by atoms with Gasteiger partial charge in [0.15, 0.2) is 5.16 Å². The molecule has 4 nitrogen and oxygen atoms in total. The van der Waals surface area contributed by atoms with Crippen LogP contribution in [-0.4, -0.2) is 21.2 Å². The number of benzene rings is 2. The lowest BCUT2D eigenvalue weighted by molar-refractivity contribution is -0.113. The fourth-order valence-corrected chi connectivity index (χ4v) is 3.29. The number of para-hydroxylation sites is 1. The number of imidazole rings is 1. The highest BCUT2D eigenvalue weighted by Crippen LogP contribution is 2.23.